The molecule has 8 heteroatoms. The summed E-state index contributed by atoms with van der Waals surface area (Å²) in [4.78, 5) is 12.2. The third-order valence-corrected chi connectivity index (χ3v) is 3.56. The normalized spacial score (nSPS) is 10.7. The average Bonchev–Trinajstić information content (AvgIpc) is 2.94. The quantitative estimate of drug-likeness (QED) is 0.766. The van der Waals surface area contributed by atoms with Crippen LogP contribution in [-0.2, 0) is 11.3 Å². The molecule has 2 aromatic carbocycles. The number of benzene rings is 2. The number of methoxy groups -OCH3 is 1. The summed E-state index contributed by atoms with van der Waals surface area (Å²) < 4.78 is 6.64. The summed E-state index contributed by atoms with van der Waals surface area (Å²) in [6.45, 7) is -0.0208. The van der Waals surface area contributed by atoms with Crippen LogP contribution in [0.25, 0.3) is 11.0 Å². The molecule has 0 atom stereocenters. The lowest BCUT2D eigenvalue weighted by molar-refractivity contribution is -0.116. The monoisotopic (exact) mass is 332 g/mol. The van der Waals surface area contributed by atoms with Gasteiger partial charge in [-0.15, -0.1) is 5.10 Å². The number of nitrogens with one attached hydrogen (secondary N) is 1. The lowest BCUT2D eigenvalue weighted by Crippen LogP contribution is -2.20. The minimum Gasteiger partial charge on any atom is -0.506 e. The van der Waals surface area contributed by atoms with Gasteiger partial charge in [0, 0.05) is 12.1 Å². The zero-order chi connectivity index (χ0) is 16.4. The predicted octanol–water partition coefficient (Wildman–Crippen LogP) is 2.44. The number of rotatable bonds is 4. The first-order valence-corrected chi connectivity index (χ1v) is 7.11. The predicted molar refractivity (Wildman–Crippen MR) is 85.8 cm³/mol. The average molecular weight is 333 g/mol. The molecule has 2 N–H and O–H groups in total. The van der Waals surface area contributed by atoms with Crippen LogP contribution in [0.4, 0.5) is 5.69 Å². The van der Waals surface area contributed by atoms with Crippen LogP contribution in [0, 0.1) is 0 Å². The van der Waals surface area contributed by atoms with Crippen molar-refractivity contribution in [3.05, 3.63) is 41.4 Å². The molecular weight excluding hydrogens is 320 g/mol. The van der Waals surface area contributed by atoms with Gasteiger partial charge in [-0.2, -0.15) is 0 Å². The number of phenolic OH excluding ortho intramolecular Hbond substituents is 1. The van der Waals surface area contributed by atoms with E-state index in [0.717, 1.165) is 5.52 Å². The third-order valence-electron chi connectivity index (χ3n) is 3.26. The number of ether oxygens (including phenoxy) is 1. The second kappa shape index (κ2) is 6.13. The van der Waals surface area contributed by atoms with Crippen LogP contribution in [0.2, 0.25) is 5.02 Å². The van der Waals surface area contributed by atoms with E-state index in [2.05, 4.69) is 15.6 Å². The van der Waals surface area contributed by atoms with Gasteiger partial charge in [0.25, 0.3) is 0 Å². The Morgan fingerprint density at radius 2 is 2.17 bits per heavy atom. The van der Waals surface area contributed by atoms with Crippen LogP contribution < -0.4 is 10.1 Å². The first kappa shape index (κ1) is 15.1. The van der Waals surface area contributed by atoms with Crippen LogP contribution in [0.15, 0.2) is 36.4 Å². The maximum Gasteiger partial charge on any atom is 0.246 e. The van der Waals surface area contributed by atoms with Gasteiger partial charge in [-0.1, -0.05) is 28.9 Å². The number of aromatic nitrogens is 3. The van der Waals surface area contributed by atoms with E-state index >= 15 is 0 Å². The van der Waals surface area contributed by atoms with Gasteiger partial charge in [-0.3, -0.25) is 4.79 Å². The van der Waals surface area contributed by atoms with Crippen molar-refractivity contribution in [1.82, 2.24) is 15.0 Å². The number of fused-ring (bicyclic) bond motifs is 1. The van der Waals surface area contributed by atoms with E-state index in [4.69, 9.17) is 16.3 Å². The second-order valence-corrected chi connectivity index (χ2v) is 5.20. The number of para-hydroxylation sites is 1. The van der Waals surface area contributed by atoms with Gasteiger partial charge < -0.3 is 15.2 Å². The fraction of sp³-hybridized carbons (Fsp3) is 0.133. The first-order chi connectivity index (χ1) is 11.1. The van der Waals surface area contributed by atoms with E-state index in [1.54, 1.807) is 0 Å². The van der Waals surface area contributed by atoms with E-state index in [1.807, 2.05) is 24.3 Å². The number of carbonyl (C=O) groups excluding carboxylic acids is 1. The lowest BCUT2D eigenvalue weighted by Gasteiger charge is -2.11. The Balaban J connectivity index is 1.81. The number of hydrogen-bond acceptors (Lipinski definition) is 5. The summed E-state index contributed by atoms with van der Waals surface area (Å²) in [6.07, 6.45) is 0. The standard InChI is InChI=1S/C15H13ClN4O3/c1-23-14-6-9(16)13(21)7-11(14)17-15(22)8-20-12-5-3-2-4-10(12)18-19-20/h2-7,21H,8H2,1H3,(H,17,22). The van der Waals surface area contributed by atoms with Crippen LogP contribution in [0.1, 0.15) is 0 Å². The van der Waals surface area contributed by atoms with Crippen molar-refractivity contribution in [2.45, 2.75) is 6.54 Å². The Labute approximate surface area is 136 Å². The molecule has 0 aliphatic carbocycles. The molecule has 118 valence electrons. The molecule has 3 rings (SSSR count). The maximum absolute atomic E-state index is 12.2. The number of aromatic hydroxyl groups is 1. The van der Waals surface area contributed by atoms with E-state index in [1.165, 1.54) is 23.9 Å². The smallest absolute Gasteiger partial charge is 0.246 e. The fourth-order valence-electron chi connectivity index (χ4n) is 2.17. The third kappa shape index (κ3) is 3.04. The van der Waals surface area contributed by atoms with E-state index in [9.17, 15) is 9.90 Å². The Morgan fingerprint density at radius 1 is 1.39 bits per heavy atom. The van der Waals surface area contributed by atoms with Gasteiger partial charge in [-0.05, 0) is 12.1 Å². The Bertz CT molecular complexity index is 878. The summed E-state index contributed by atoms with van der Waals surface area (Å²) in [5.74, 6) is -0.126. The highest BCUT2D eigenvalue weighted by Gasteiger charge is 2.13. The molecule has 1 heterocycles. The molecule has 1 amide bonds. The first-order valence-electron chi connectivity index (χ1n) is 6.73. The zero-order valence-electron chi connectivity index (χ0n) is 12.2. The molecule has 0 spiro atoms. The molecule has 0 radical (unpaired) electrons. The molecule has 0 bridgehead atoms. The molecule has 0 aliphatic rings. The number of phenols is 1. The minimum absolute atomic E-state index is 0.0208. The van der Waals surface area contributed by atoms with Crippen molar-refractivity contribution in [1.29, 1.82) is 0 Å². The van der Waals surface area contributed by atoms with Crippen molar-refractivity contribution in [3.8, 4) is 11.5 Å². The Hall–Kier alpha value is -2.80. The number of nitrogens with zero attached hydrogens (tertiary/aromatic N) is 3. The van der Waals surface area contributed by atoms with Crippen LogP contribution in [-0.4, -0.2) is 33.1 Å². The van der Waals surface area contributed by atoms with Gasteiger partial charge in [0.1, 0.15) is 23.6 Å². The fourth-order valence-corrected chi connectivity index (χ4v) is 2.32. The summed E-state index contributed by atoms with van der Waals surface area (Å²) in [5, 5.41) is 20.4. The molecule has 0 aliphatic heterocycles. The highest BCUT2D eigenvalue weighted by molar-refractivity contribution is 6.32. The number of hydrogen-bond donors (Lipinski definition) is 2. The summed E-state index contributed by atoms with van der Waals surface area (Å²) in [5.41, 5.74) is 1.79. The summed E-state index contributed by atoms with van der Waals surface area (Å²) >= 11 is 5.82. The summed E-state index contributed by atoms with van der Waals surface area (Å²) in [7, 11) is 1.45. The largest absolute Gasteiger partial charge is 0.506 e. The van der Waals surface area contributed by atoms with Crippen molar-refractivity contribution >= 4 is 34.2 Å². The van der Waals surface area contributed by atoms with Gasteiger partial charge >= 0.3 is 0 Å². The van der Waals surface area contributed by atoms with Crippen LogP contribution in [0.5, 0.6) is 11.5 Å². The molecule has 23 heavy (non-hydrogen) atoms. The van der Waals surface area contributed by atoms with Crippen LogP contribution in [0.3, 0.4) is 0 Å². The van der Waals surface area contributed by atoms with Gasteiger partial charge in [0.05, 0.1) is 23.3 Å². The number of anilines is 1. The maximum atomic E-state index is 12.2. The number of carbonyl (C=O) groups is 1. The molecule has 0 saturated carbocycles. The van der Waals surface area contributed by atoms with Gasteiger partial charge in [0.15, 0.2) is 0 Å². The zero-order valence-corrected chi connectivity index (χ0v) is 12.9. The van der Waals surface area contributed by atoms with Gasteiger partial charge in [0.2, 0.25) is 5.91 Å². The molecule has 1 aromatic heterocycles. The minimum atomic E-state index is -0.333. The highest BCUT2D eigenvalue weighted by atomic mass is 35.5. The van der Waals surface area contributed by atoms with Crippen molar-refractivity contribution in [3.63, 3.8) is 0 Å². The summed E-state index contributed by atoms with van der Waals surface area (Å²) in [6, 6.07) is 10.1. The van der Waals surface area contributed by atoms with Crippen molar-refractivity contribution in [2.24, 2.45) is 0 Å². The highest BCUT2D eigenvalue weighted by Crippen LogP contribution is 2.35. The van der Waals surface area contributed by atoms with Crippen molar-refractivity contribution in [2.75, 3.05) is 12.4 Å². The molecule has 0 fully saturated rings. The molecule has 0 unspecified atom stereocenters. The molecule has 0 saturated heterocycles. The van der Waals surface area contributed by atoms with E-state index in [-0.39, 0.29) is 23.2 Å². The molecule has 3 aromatic rings. The second-order valence-electron chi connectivity index (χ2n) is 4.79. The Kier molecular flexibility index (Phi) is 4.03. The lowest BCUT2D eigenvalue weighted by atomic mass is 10.2. The topological polar surface area (TPSA) is 89.3 Å². The van der Waals surface area contributed by atoms with Gasteiger partial charge in [-0.25, -0.2) is 4.68 Å². The SMILES string of the molecule is COc1cc(Cl)c(O)cc1NC(=O)Cn1nnc2ccccc21. The number of amides is 1. The Morgan fingerprint density at radius 3 is 2.96 bits per heavy atom. The number of halogens is 1. The molecule has 7 nitrogen and oxygen atoms in total. The van der Waals surface area contributed by atoms with E-state index < -0.39 is 0 Å². The van der Waals surface area contributed by atoms with Crippen molar-refractivity contribution < 1.29 is 14.6 Å². The van der Waals surface area contributed by atoms with Crippen LogP contribution >= 0.6 is 11.6 Å². The molecular formula is C15H13ClN4O3. The van der Waals surface area contributed by atoms with E-state index in [0.29, 0.717) is 17.0 Å².